The average Bonchev–Trinajstić information content (AvgIpc) is 2.45. The fourth-order valence-corrected chi connectivity index (χ4v) is 3.53. The molecule has 2 aliphatic rings. The minimum atomic E-state index is 0.0136. The van der Waals surface area contributed by atoms with Crippen LogP contribution in [0, 0.1) is 17.8 Å². The predicted molar refractivity (Wildman–Crippen MR) is 74.6 cm³/mol. The van der Waals surface area contributed by atoms with Crippen molar-refractivity contribution in [2.45, 2.75) is 38.6 Å². The van der Waals surface area contributed by atoms with Crippen LogP contribution in [0.2, 0.25) is 0 Å². The first kappa shape index (κ1) is 13.3. The third kappa shape index (κ3) is 2.74. The van der Waals surface area contributed by atoms with E-state index in [1.54, 1.807) is 12.4 Å². The fourth-order valence-electron chi connectivity index (χ4n) is 3.53. The van der Waals surface area contributed by atoms with Crippen molar-refractivity contribution in [1.29, 1.82) is 0 Å². The Hall–Kier alpha value is -1.71. The number of hydrogen-bond donors (Lipinski definition) is 1. The summed E-state index contributed by atoms with van der Waals surface area (Å²) in [5.74, 6) is 0.791. The molecule has 1 aromatic rings. The van der Waals surface area contributed by atoms with Gasteiger partial charge < -0.3 is 5.32 Å². The number of aromatic nitrogens is 1. The number of ketones is 1. The summed E-state index contributed by atoms with van der Waals surface area (Å²) in [6.45, 7) is 0.520. The maximum Gasteiger partial charge on any atom is 0.223 e. The van der Waals surface area contributed by atoms with Crippen molar-refractivity contribution in [1.82, 2.24) is 10.3 Å². The Bertz CT molecular complexity index is 484. The molecule has 2 bridgehead atoms. The molecule has 4 nitrogen and oxygen atoms in total. The lowest BCUT2D eigenvalue weighted by atomic mass is 9.67. The monoisotopic (exact) mass is 272 g/mol. The molecule has 0 spiro atoms. The Labute approximate surface area is 119 Å². The van der Waals surface area contributed by atoms with Gasteiger partial charge in [-0.2, -0.15) is 0 Å². The fraction of sp³-hybridized carbons (Fsp3) is 0.562. The molecule has 1 aromatic heterocycles. The van der Waals surface area contributed by atoms with E-state index < -0.39 is 0 Å². The molecule has 0 saturated heterocycles. The van der Waals surface area contributed by atoms with E-state index in [0.717, 1.165) is 37.7 Å². The number of pyridine rings is 1. The summed E-state index contributed by atoms with van der Waals surface area (Å²) in [7, 11) is 0. The number of fused-ring (bicyclic) bond motifs is 2. The van der Waals surface area contributed by atoms with Crippen molar-refractivity contribution >= 4 is 11.7 Å². The molecule has 0 radical (unpaired) electrons. The smallest absolute Gasteiger partial charge is 0.223 e. The largest absolute Gasteiger partial charge is 0.352 e. The van der Waals surface area contributed by atoms with Crippen LogP contribution in [0.5, 0.6) is 0 Å². The molecule has 2 saturated carbocycles. The van der Waals surface area contributed by atoms with Gasteiger partial charge in [0, 0.05) is 36.7 Å². The third-order valence-corrected chi connectivity index (χ3v) is 4.61. The van der Waals surface area contributed by atoms with Crippen LogP contribution >= 0.6 is 0 Å². The number of Topliss-reactive ketones (excluding diaryl/α,β-unsaturated/α-hetero) is 1. The Kier molecular flexibility index (Phi) is 3.81. The minimum absolute atomic E-state index is 0.0136. The molecule has 106 valence electrons. The molecule has 3 rings (SSSR count). The van der Waals surface area contributed by atoms with Crippen LogP contribution < -0.4 is 5.32 Å². The molecule has 0 aliphatic heterocycles. The Morgan fingerprint density at radius 3 is 2.70 bits per heavy atom. The van der Waals surface area contributed by atoms with Crippen LogP contribution in [0.4, 0.5) is 0 Å². The molecule has 2 unspecified atom stereocenters. The second-order valence-corrected chi connectivity index (χ2v) is 5.97. The summed E-state index contributed by atoms with van der Waals surface area (Å²) in [6.07, 6.45) is 8.07. The van der Waals surface area contributed by atoms with Gasteiger partial charge in [-0.25, -0.2) is 0 Å². The Balaban J connectivity index is 1.57. The lowest BCUT2D eigenvalue weighted by Gasteiger charge is -2.36. The molecule has 1 N–H and O–H groups in total. The maximum absolute atomic E-state index is 12.3. The lowest BCUT2D eigenvalue weighted by Crippen LogP contribution is -2.42. The highest BCUT2D eigenvalue weighted by atomic mass is 16.2. The molecule has 2 fully saturated rings. The van der Waals surface area contributed by atoms with E-state index in [0.29, 0.717) is 12.3 Å². The van der Waals surface area contributed by atoms with E-state index in [1.165, 1.54) is 0 Å². The highest BCUT2D eigenvalue weighted by Crippen LogP contribution is 2.40. The van der Waals surface area contributed by atoms with E-state index in [2.05, 4.69) is 10.3 Å². The molecular formula is C16H20N2O2. The summed E-state index contributed by atoms with van der Waals surface area (Å²) in [5.41, 5.74) is 1.01. The highest BCUT2D eigenvalue weighted by molar-refractivity contribution is 5.88. The van der Waals surface area contributed by atoms with Gasteiger partial charge in [0.2, 0.25) is 5.91 Å². The van der Waals surface area contributed by atoms with E-state index in [4.69, 9.17) is 0 Å². The van der Waals surface area contributed by atoms with Gasteiger partial charge in [0.05, 0.1) is 0 Å². The predicted octanol–water partition coefficient (Wildman–Crippen LogP) is 2.09. The van der Waals surface area contributed by atoms with Crippen LogP contribution in [0.25, 0.3) is 0 Å². The van der Waals surface area contributed by atoms with Crippen molar-refractivity contribution in [2.24, 2.45) is 17.8 Å². The van der Waals surface area contributed by atoms with Gasteiger partial charge in [0.1, 0.15) is 5.78 Å². The molecule has 20 heavy (non-hydrogen) atoms. The van der Waals surface area contributed by atoms with Crippen molar-refractivity contribution in [3.05, 3.63) is 30.1 Å². The minimum Gasteiger partial charge on any atom is -0.352 e. The summed E-state index contributed by atoms with van der Waals surface area (Å²) in [5, 5.41) is 2.98. The summed E-state index contributed by atoms with van der Waals surface area (Å²) in [6, 6.07) is 3.82. The normalized spacial score (nSPS) is 29.0. The van der Waals surface area contributed by atoms with Gasteiger partial charge in [-0.3, -0.25) is 14.6 Å². The van der Waals surface area contributed by atoms with Crippen molar-refractivity contribution in [3.63, 3.8) is 0 Å². The first-order valence-corrected chi connectivity index (χ1v) is 7.44. The van der Waals surface area contributed by atoms with Crippen LogP contribution in [0.3, 0.4) is 0 Å². The molecule has 1 heterocycles. The van der Waals surface area contributed by atoms with Gasteiger partial charge in [-0.05, 0) is 37.3 Å². The second kappa shape index (κ2) is 5.73. The van der Waals surface area contributed by atoms with Crippen molar-refractivity contribution in [2.75, 3.05) is 0 Å². The molecule has 2 aliphatic carbocycles. The number of hydrogen-bond acceptors (Lipinski definition) is 3. The average molecular weight is 272 g/mol. The SMILES string of the molecule is O=C(NCc1cccnc1)C1CC2CCCC(C1)C2=O. The van der Waals surface area contributed by atoms with Gasteiger partial charge in [0.15, 0.2) is 0 Å². The van der Waals surface area contributed by atoms with E-state index in [-0.39, 0.29) is 23.7 Å². The number of rotatable bonds is 3. The highest BCUT2D eigenvalue weighted by Gasteiger charge is 2.41. The second-order valence-electron chi connectivity index (χ2n) is 5.97. The molecule has 0 aromatic carbocycles. The zero-order valence-electron chi connectivity index (χ0n) is 11.5. The summed E-state index contributed by atoms with van der Waals surface area (Å²) in [4.78, 5) is 28.3. The van der Waals surface area contributed by atoms with Gasteiger partial charge in [0.25, 0.3) is 0 Å². The summed E-state index contributed by atoms with van der Waals surface area (Å²) >= 11 is 0. The van der Waals surface area contributed by atoms with Crippen molar-refractivity contribution < 1.29 is 9.59 Å². The number of amides is 1. The summed E-state index contributed by atoms with van der Waals surface area (Å²) < 4.78 is 0. The zero-order valence-corrected chi connectivity index (χ0v) is 11.5. The number of nitrogens with zero attached hydrogens (tertiary/aromatic N) is 1. The number of carbonyl (C=O) groups is 2. The van der Waals surface area contributed by atoms with E-state index in [9.17, 15) is 9.59 Å². The molecular weight excluding hydrogens is 252 g/mol. The quantitative estimate of drug-likeness (QED) is 0.916. The molecule has 2 atom stereocenters. The van der Waals surface area contributed by atoms with Crippen molar-refractivity contribution in [3.8, 4) is 0 Å². The molecule has 4 heteroatoms. The van der Waals surface area contributed by atoms with Crippen LogP contribution in [-0.4, -0.2) is 16.7 Å². The zero-order chi connectivity index (χ0) is 13.9. The van der Waals surface area contributed by atoms with Gasteiger partial charge >= 0.3 is 0 Å². The standard InChI is InChI=1S/C16H20N2O2/c19-15-12-4-1-5-13(15)8-14(7-12)16(20)18-10-11-3-2-6-17-9-11/h2-3,6,9,12-14H,1,4-5,7-8,10H2,(H,18,20). The Morgan fingerprint density at radius 1 is 1.30 bits per heavy atom. The van der Waals surface area contributed by atoms with Crippen LogP contribution in [0.1, 0.15) is 37.7 Å². The Morgan fingerprint density at radius 2 is 2.05 bits per heavy atom. The number of carbonyl (C=O) groups excluding carboxylic acids is 2. The van der Waals surface area contributed by atoms with E-state index in [1.807, 2.05) is 12.1 Å². The number of nitrogens with one attached hydrogen (secondary N) is 1. The molecule has 1 amide bonds. The van der Waals surface area contributed by atoms with Gasteiger partial charge in [-0.15, -0.1) is 0 Å². The topological polar surface area (TPSA) is 59.1 Å². The first-order valence-electron chi connectivity index (χ1n) is 7.44. The maximum atomic E-state index is 12.3. The third-order valence-electron chi connectivity index (χ3n) is 4.61. The van der Waals surface area contributed by atoms with Crippen LogP contribution in [0.15, 0.2) is 24.5 Å². The van der Waals surface area contributed by atoms with E-state index >= 15 is 0 Å². The lowest BCUT2D eigenvalue weighted by molar-refractivity contribution is -0.137. The first-order chi connectivity index (χ1) is 9.74. The van der Waals surface area contributed by atoms with Crippen LogP contribution in [-0.2, 0) is 16.1 Å². The van der Waals surface area contributed by atoms with Gasteiger partial charge in [-0.1, -0.05) is 12.5 Å².